The normalized spacial score (nSPS) is 50.0. The van der Waals surface area contributed by atoms with E-state index in [2.05, 4.69) is 52.8 Å². The van der Waals surface area contributed by atoms with Crippen LogP contribution >= 0.6 is 0 Å². The van der Waals surface area contributed by atoms with Crippen molar-refractivity contribution in [2.45, 2.75) is 185 Å². The summed E-state index contributed by atoms with van der Waals surface area (Å²) < 4.78 is 35.6. The van der Waals surface area contributed by atoms with Gasteiger partial charge in [-0.05, 0) is 105 Å². The number of aliphatic hydroxyl groups is 9. The van der Waals surface area contributed by atoms with Crippen LogP contribution < -0.4 is 5.73 Å². The Bertz CT molecular complexity index is 1660. The molecule has 348 valence electrons. The van der Waals surface area contributed by atoms with Gasteiger partial charge in [-0.25, -0.2) is 0 Å². The molecule has 7 rings (SSSR count). The van der Waals surface area contributed by atoms with Gasteiger partial charge in [0, 0.05) is 18.9 Å². The maximum atomic E-state index is 11.8. The average Bonchev–Trinajstić information content (AvgIpc) is 3.65. The van der Waals surface area contributed by atoms with Crippen LogP contribution in [0.3, 0.4) is 0 Å². The van der Waals surface area contributed by atoms with Gasteiger partial charge >= 0.3 is 0 Å². The lowest BCUT2D eigenvalue weighted by atomic mass is 9.47. The largest absolute Gasteiger partial charge is 0.506 e. The first kappa shape index (κ1) is 47.2. The van der Waals surface area contributed by atoms with Crippen LogP contribution in [0.25, 0.3) is 0 Å². The molecule has 0 spiro atoms. The van der Waals surface area contributed by atoms with E-state index >= 15 is 0 Å². The molecule has 0 aromatic carbocycles. The second kappa shape index (κ2) is 17.6. The summed E-state index contributed by atoms with van der Waals surface area (Å²) in [4.78, 5) is 0. The molecule has 3 saturated heterocycles. The molecular weight excluding hydrogens is 794 g/mol. The zero-order chi connectivity index (χ0) is 44.6. The molecule has 0 bridgehead atoms. The molecular formula is C45H73NO15. The topological polar surface area (TPSA) is 263 Å². The quantitative estimate of drug-likeness (QED) is 0.0764. The van der Waals surface area contributed by atoms with Gasteiger partial charge in [0.15, 0.2) is 11.5 Å². The summed E-state index contributed by atoms with van der Waals surface area (Å²) in [5.41, 5.74) is 7.45. The molecule has 21 atom stereocenters. The van der Waals surface area contributed by atoms with Crippen LogP contribution in [-0.4, -0.2) is 144 Å². The molecule has 3 heterocycles. The summed E-state index contributed by atoms with van der Waals surface area (Å²) in [6.45, 7) is 13.1. The highest BCUT2D eigenvalue weighted by Gasteiger charge is 2.67. The molecule has 20 unspecified atom stereocenters. The van der Waals surface area contributed by atoms with Crippen molar-refractivity contribution >= 4 is 0 Å². The molecule has 4 aliphatic carbocycles. The van der Waals surface area contributed by atoms with Crippen LogP contribution in [-0.2, 0) is 28.4 Å². The number of hydrogen-bond donors (Lipinski definition) is 10. The molecule has 11 N–H and O–H groups in total. The van der Waals surface area contributed by atoms with Crippen LogP contribution in [0.4, 0.5) is 0 Å². The van der Waals surface area contributed by atoms with Crippen molar-refractivity contribution in [2.75, 3.05) is 13.2 Å². The van der Waals surface area contributed by atoms with Crippen molar-refractivity contribution in [1.82, 2.24) is 0 Å². The van der Waals surface area contributed by atoms with Gasteiger partial charge in [-0.3, -0.25) is 5.73 Å². The molecule has 0 amide bonds. The van der Waals surface area contributed by atoms with Crippen molar-refractivity contribution in [2.24, 2.45) is 52.1 Å². The Kier molecular flexibility index (Phi) is 13.6. The van der Waals surface area contributed by atoms with Crippen LogP contribution in [0.2, 0.25) is 0 Å². The number of hydrogen-bond acceptors (Lipinski definition) is 16. The van der Waals surface area contributed by atoms with E-state index in [1.807, 2.05) is 0 Å². The third-order valence-electron chi connectivity index (χ3n) is 16.2. The third-order valence-corrected chi connectivity index (χ3v) is 16.2. The highest BCUT2D eigenvalue weighted by atomic mass is 16.7. The van der Waals surface area contributed by atoms with Gasteiger partial charge in [0.1, 0.15) is 49.0 Å². The second-order valence-electron chi connectivity index (χ2n) is 20.3. The van der Waals surface area contributed by atoms with E-state index < -0.39 is 110 Å². The summed E-state index contributed by atoms with van der Waals surface area (Å²) >= 11 is 0. The summed E-state index contributed by atoms with van der Waals surface area (Å²) in [5, 5.41) is 97.6. The van der Waals surface area contributed by atoms with E-state index in [-0.39, 0.29) is 22.9 Å². The third kappa shape index (κ3) is 8.39. The Morgan fingerprint density at radius 3 is 2.39 bits per heavy atom. The summed E-state index contributed by atoms with van der Waals surface area (Å²) in [6.07, 6.45) is -4.07. The van der Waals surface area contributed by atoms with Crippen LogP contribution in [0, 0.1) is 46.3 Å². The van der Waals surface area contributed by atoms with E-state index in [0.29, 0.717) is 42.4 Å². The number of allylic oxidation sites excluding steroid dienone is 2. The van der Waals surface area contributed by atoms with E-state index in [0.717, 1.165) is 32.1 Å². The van der Waals surface area contributed by atoms with Crippen molar-refractivity contribution in [3.05, 3.63) is 35.3 Å². The second-order valence-corrected chi connectivity index (χ2v) is 20.3. The number of fused-ring (bicyclic) bond motifs is 7. The molecule has 16 nitrogen and oxygen atoms in total. The predicted molar refractivity (Wildman–Crippen MR) is 218 cm³/mol. The maximum absolute atomic E-state index is 11.8. The number of rotatable bonds is 12. The van der Waals surface area contributed by atoms with Crippen LogP contribution in [0.1, 0.15) is 99.8 Å². The number of nitrogens with two attached hydrogens (primary N) is 1. The fourth-order valence-corrected chi connectivity index (χ4v) is 12.5. The lowest BCUT2D eigenvalue weighted by Gasteiger charge is -2.58. The van der Waals surface area contributed by atoms with E-state index in [9.17, 15) is 46.0 Å². The van der Waals surface area contributed by atoms with Gasteiger partial charge in [0.2, 0.25) is 18.4 Å². The number of aliphatic hydroxyl groups excluding tert-OH is 8. The van der Waals surface area contributed by atoms with Crippen molar-refractivity contribution in [3.8, 4) is 0 Å². The standard InChI is InChI=1S/C45H73NO15/c1-21(2)10-16-44(46)22(3)32-31(60-44)19-29-27-9-8-25-18-26(11-14-42(25,6)28(27)12-15-43(29,32)7)58-40(54)38(59-41-37(52)36(51)33(48)24(5)57-41)35(50)30(13-17-47)61-45(55)20-56-23(4)34(49)39(45)53/h8,10,16,21-24,26-34,36-37,39-41,47-55H,9,11-15,17-20,46H2,1-7H3/b16-10+,38-35+/t22-,23?,24?,26?,27?,28?,29?,30?,31?,32?,33?,34?,36?,37?,39?,40?,41?,42?,43?,44?,45?/m0/s1. The van der Waals surface area contributed by atoms with E-state index in [1.54, 1.807) is 0 Å². The highest BCUT2D eigenvalue weighted by molar-refractivity contribution is 5.27. The lowest BCUT2D eigenvalue weighted by molar-refractivity contribution is -0.345. The van der Waals surface area contributed by atoms with Crippen LogP contribution in [0.15, 0.2) is 35.3 Å². The first-order valence-electron chi connectivity index (χ1n) is 22.6. The Labute approximate surface area is 359 Å². The Hall–Kier alpha value is -1.74. The van der Waals surface area contributed by atoms with Crippen LogP contribution in [0.5, 0.6) is 0 Å². The number of ether oxygens (including phenoxy) is 6. The molecule has 0 radical (unpaired) electrons. The van der Waals surface area contributed by atoms with E-state index in [4.69, 9.17) is 34.2 Å². The Morgan fingerprint density at radius 1 is 0.984 bits per heavy atom. The van der Waals surface area contributed by atoms with Gasteiger partial charge < -0.3 is 74.4 Å². The molecule has 0 aromatic rings. The molecule has 16 heteroatoms. The van der Waals surface area contributed by atoms with Gasteiger partial charge in [-0.1, -0.05) is 52.3 Å². The monoisotopic (exact) mass is 867 g/mol. The molecule has 0 aromatic heterocycles. The minimum absolute atomic E-state index is 0.0954. The van der Waals surface area contributed by atoms with Gasteiger partial charge in [-0.2, -0.15) is 0 Å². The zero-order valence-electron chi connectivity index (χ0n) is 36.7. The predicted octanol–water partition coefficient (Wildman–Crippen LogP) is 1.99. The molecule has 7 aliphatic rings. The van der Waals surface area contributed by atoms with Gasteiger partial charge in [0.05, 0.1) is 24.4 Å². The molecule has 61 heavy (non-hydrogen) atoms. The van der Waals surface area contributed by atoms with Crippen molar-refractivity contribution in [3.63, 3.8) is 0 Å². The van der Waals surface area contributed by atoms with E-state index in [1.165, 1.54) is 19.4 Å². The lowest BCUT2D eigenvalue weighted by Crippen LogP contribution is -2.63. The molecule has 6 fully saturated rings. The molecule has 3 saturated carbocycles. The minimum atomic E-state index is -2.57. The average molecular weight is 868 g/mol. The maximum Gasteiger partial charge on any atom is 0.229 e. The Morgan fingerprint density at radius 2 is 1.70 bits per heavy atom. The molecule has 3 aliphatic heterocycles. The SMILES string of the molecule is CC(C)/C=C/C1(N)OC2CC3C4CC=C5CC(OC(O)/C(OC6OC(C)C(O)C(O)C6O)=C(\O)C(CCO)OC6(O)COC(C)C(O)C6O)CCC5(C)C4CCC3(C)C2[C@@H]1C. The summed E-state index contributed by atoms with van der Waals surface area (Å²) in [7, 11) is 0. The van der Waals surface area contributed by atoms with Gasteiger partial charge in [0.25, 0.3) is 0 Å². The zero-order valence-corrected chi connectivity index (χ0v) is 36.7. The van der Waals surface area contributed by atoms with Crippen molar-refractivity contribution < 1.29 is 74.4 Å². The van der Waals surface area contributed by atoms with Crippen molar-refractivity contribution in [1.29, 1.82) is 0 Å². The highest BCUT2D eigenvalue weighted by Crippen LogP contribution is 2.69. The fourth-order valence-electron chi connectivity index (χ4n) is 12.5. The smallest absolute Gasteiger partial charge is 0.229 e. The minimum Gasteiger partial charge on any atom is -0.506 e. The van der Waals surface area contributed by atoms with Gasteiger partial charge in [-0.15, -0.1) is 0 Å². The first-order chi connectivity index (χ1) is 28.6. The summed E-state index contributed by atoms with van der Waals surface area (Å²) in [5.74, 6) is -1.75. The Balaban J connectivity index is 1.10. The first-order valence-corrected chi connectivity index (χ1v) is 22.6. The fraction of sp³-hybridized carbons (Fsp3) is 0.867. The summed E-state index contributed by atoms with van der Waals surface area (Å²) in [6, 6.07) is 0.